The Labute approximate surface area is 288 Å². The van der Waals surface area contributed by atoms with Gasteiger partial charge in [0.1, 0.15) is 6.10 Å². The van der Waals surface area contributed by atoms with Crippen LogP contribution in [0.15, 0.2) is 29.2 Å². The molecule has 0 saturated heterocycles. The van der Waals surface area contributed by atoms with Crippen molar-refractivity contribution in [2.75, 3.05) is 45.3 Å². The number of alkyl carbamates (subject to hydrolysis) is 1. The zero-order valence-electron chi connectivity index (χ0n) is 31.5. The van der Waals surface area contributed by atoms with Crippen LogP contribution in [0.4, 0.5) is 4.79 Å². The molecule has 0 heterocycles. The Balaban J connectivity index is 2.93. The van der Waals surface area contributed by atoms with E-state index in [4.69, 9.17) is 18.9 Å². The Bertz CT molecular complexity index is 1100. The highest BCUT2D eigenvalue weighted by Gasteiger charge is 2.39. The molecule has 1 aromatic carbocycles. The summed E-state index contributed by atoms with van der Waals surface area (Å²) in [4.78, 5) is 26.7. The smallest absolute Gasteiger partial charge is 0.407 e. The van der Waals surface area contributed by atoms with Gasteiger partial charge in [-0.05, 0) is 62.0 Å². The molecule has 9 nitrogen and oxygen atoms in total. The fraction of sp³-hybridized carbons (Fsp3) is 0.784. The first-order valence-corrected chi connectivity index (χ1v) is 18.5. The van der Waals surface area contributed by atoms with Crippen molar-refractivity contribution in [3.63, 3.8) is 0 Å². The van der Waals surface area contributed by atoms with Gasteiger partial charge in [0.2, 0.25) is 5.91 Å². The van der Waals surface area contributed by atoms with Gasteiger partial charge in [-0.15, -0.1) is 0 Å². The summed E-state index contributed by atoms with van der Waals surface area (Å²) >= 11 is 0. The number of carbonyl (C=O) groups is 2. The van der Waals surface area contributed by atoms with E-state index in [-0.39, 0.29) is 27.9 Å². The lowest BCUT2D eigenvalue weighted by Crippen LogP contribution is -2.45. The topological polar surface area (TPSA) is 112 Å². The lowest BCUT2D eigenvalue weighted by molar-refractivity contribution is -0.138. The second-order valence-electron chi connectivity index (χ2n) is 15.7. The molecule has 0 aliphatic rings. The SMILES string of the molecule is CCOC(CCNC(=O)OC(CS(=O)c1ccc(C)cc1)C(C)(C)CC(C)(C)CNC(=O)CC(C)(C)COCC(C)(C)CC)OCC. The average Bonchev–Trinajstić information content (AvgIpc) is 2.95. The highest BCUT2D eigenvalue weighted by molar-refractivity contribution is 7.85. The van der Waals surface area contributed by atoms with Crippen LogP contribution in [-0.2, 0) is 34.5 Å². The van der Waals surface area contributed by atoms with Crippen LogP contribution in [0.3, 0.4) is 0 Å². The lowest BCUT2D eigenvalue weighted by Gasteiger charge is -2.40. The van der Waals surface area contributed by atoms with E-state index in [9.17, 15) is 13.8 Å². The van der Waals surface area contributed by atoms with Gasteiger partial charge in [-0.2, -0.15) is 0 Å². The third-order valence-corrected chi connectivity index (χ3v) is 9.75. The number of aryl methyl sites for hydroxylation is 1. The van der Waals surface area contributed by atoms with Gasteiger partial charge in [0.05, 0.1) is 29.8 Å². The van der Waals surface area contributed by atoms with Crippen molar-refractivity contribution in [3.8, 4) is 0 Å². The summed E-state index contributed by atoms with van der Waals surface area (Å²) in [5.41, 5.74) is -0.00754. The van der Waals surface area contributed by atoms with Gasteiger partial charge in [-0.25, -0.2) is 4.79 Å². The van der Waals surface area contributed by atoms with Gasteiger partial charge in [-0.3, -0.25) is 9.00 Å². The Hall–Kier alpha value is -2.01. The molecular weight excluding hydrogens is 616 g/mol. The molecule has 47 heavy (non-hydrogen) atoms. The zero-order valence-corrected chi connectivity index (χ0v) is 32.3. The number of nitrogens with one attached hydrogen (secondary N) is 2. The van der Waals surface area contributed by atoms with Gasteiger partial charge < -0.3 is 29.6 Å². The molecule has 0 saturated carbocycles. The van der Waals surface area contributed by atoms with Crippen molar-refractivity contribution in [3.05, 3.63) is 29.8 Å². The summed E-state index contributed by atoms with van der Waals surface area (Å²) in [7, 11) is -1.39. The van der Waals surface area contributed by atoms with E-state index < -0.39 is 34.7 Å². The van der Waals surface area contributed by atoms with Crippen LogP contribution < -0.4 is 10.6 Å². The van der Waals surface area contributed by atoms with Crippen LogP contribution in [0.1, 0.15) is 107 Å². The summed E-state index contributed by atoms with van der Waals surface area (Å²) in [6.45, 7) is 27.6. The standard InChI is InChI=1S/C37H66N2O7S/c1-13-34(5,6)26-43-27-35(7,8)22-31(40)39-25-36(9,10)24-37(11,12)30(23-47(42)29-18-16-28(4)17-19-29)46-33(41)38-21-20-32(44-14-2)45-15-3/h16-19,30,32H,13-15,20-27H2,1-12H3,(H,38,41)(H,39,40). The van der Waals surface area contributed by atoms with Crippen molar-refractivity contribution in [2.45, 2.75) is 126 Å². The first kappa shape index (κ1) is 43.0. The predicted octanol–water partition coefficient (Wildman–Crippen LogP) is 7.41. The highest BCUT2D eigenvalue weighted by atomic mass is 32.2. The fourth-order valence-corrected chi connectivity index (χ4v) is 6.82. The molecule has 0 aromatic heterocycles. The number of amides is 2. The van der Waals surface area contributed by atoms with E-state index in [2.05, 4.69) is 59.1 Å². The van der Waals surface area contributed by atoms with Crippen LogP contribution >= 0.6 is 0 Å². The summed E-state index contributed by atoms with van der Waals surface area (Å²) in [5.74, 6) is 0.124. The number of benzene rings is 1. The minimum atomic E-state index is -1.39. The molecule has 0 bridgehead atoms. The van der Waals surface area contributed by atoms with Crippen molar-refractivity contribution in [1.82, 2.24) is 10.6 Å². The first-order valence-electron chi connectivity index (χ1n) is 17.2. The van der Waals surface area contributed by atoms with Crippen LogP contribution in [0.5, 0.6) is 0 Å². The molecule has 0 aliphatic carbocycles. The molecule has 2 atom stereocenters. The molecule has 0 aliphatic heterocycles. The van der Waals surface area contributed by atoms with Gasteiger partial charge in [0, 0.05) is 49.5 Å². The Morgan fingerprint density at radius 1 is 0.830 bits per heavy atom. The van der Waals surface area contributed by atoms with Crippen molar-refractivity contribution < 1.29 is 32.7 Å². The maximum absolute atomic E-state index is 13.5. The quantitative estimate of drug-likeness (QED) is 0.116. The number of rotatable bonds is 23. The van der Waals surface area contributed by atoms with E-state index >= 15 is 0 Å². The average molecular weight is 683 g/mol. The van der Waals surface area contributed by atoms with Crippen molar-refractivity contribution in [2.24, 2.45) is 21.7 Å². The predicted molar refractivity (Wildman–Crippen MR) is 191 cm³/mol. The summed E-state index contributed by atoms with van der Waals surface area (Å²) < 4.78 is 36.6. The van der Waals surface area contributed by atoms with Gasteiger partial charge in [-0.1, -0.05) is 80.0 Å². The van der Waals surface area contributed by atoms with Gasteiger partial charge in [0.15, 0.2) is 6.29 Å². The molecule has 272 valence electrons. The zero-order chi connectivity index (χ0) is 35.9. The van der Waals surface area contributed by atoms with E-state index in [0.29, 0.717) is 63.7 Å². The molecule has 2 amide bonds. The van der Waals surface area contributed by atoms with Crippen LogP contribution in [0.25, 0.3) is 0 Å². The second kappa shape index (κ2) is 19.9. The molecular formula is C37H66N2O7S. The first-order chi connectivity index (χ1) is 21.7. The monoisotopic (exact) mass is 682 g/mol. The molecule has 2 unspecified atom stereocenters. The van der Waals surface area contributed by atoms with Gasteiger partial charge in [0.25, 0.3) is 0 Å². The van der Waals surface area contributed by atoms with Crippen LogP contribution in [-0.4, -0.2) is 73.9 Å². The minimum absolute atomic E-state index is 0.0238. The number of hydrogen-bond donors (Lipinski definition) is 2. The minimum Gasteiger partial charge on any atom is -0.445 e. The second-order valence-corrected chi connectivity index (χ2v) is 17.2. The molecule has 2 N–H and O–H groups in total. The van der Waals surface area contributed by atoms with E-state index in [1.165, 1.54) is 0 Å². The lowest BCUT2D eigenvalue weighted by atomic mass is 9.72. The summed E-state index contributed by atoms with van der Waals surface area (Å²) in [6.07, 6.45) is 0.834. The van der Waals surface area contributed by atoms with E-state index in [0.717, 1.165) is 12.0 Å². The largest absolute Gasteiger partial charge is 0.445 e. The third kappa shape index (κ3) is 17.8. The number of ether oxygens (including phenoxy) is 4. The Morgan fingerprint density at radius 2 is 1.40 bits per heavy atom. The molecule has 1 rings (SSSR count). The van der Waals surface area contributed by atoms with E-state index in [1.807, 2.05) is 58.9 Å². The van der Waals surface area contributed by atoms with Crippen molar-refractivity contribution >= 4 is 22.8 Å². The van der Waals surface area contributed by atoms with Crippen LogP contribution in [0, 0.1) is 28.6 Å². The summed E-state index contributed by atoms with van der Waals surface area (Å²) in [6, 6.07) is 7.57. The Kier molecular flexibility index (Phi) is 18.2. The highest BCUT2D eigenvalue weighted by Crippen LogP contribution is 2.38. The number of hydrogen-bond acceptors (Lipinski definition) is 7. The Morgan fingerprint density at radius 3 is 1.96 bits per heavy atom. The third-order valence-electron chi connectivity index (χ3n) is 8.34. The number of carbonyl (C=O) groups excluding carboxylic acids is 2. The van der Waals surface area contributed by atoms with Crippen LogP contribution in [0.2, 0.25) is 0 Å². The molecule has 0 spiro atoms. The van der Waals surface area contributed by atoms with Crippen molar-refractivity contribution in [1.29, 1.82) is 0 Å². The molecule has 0 fully saturated rings. The molecule has 0 radical (unpaired) electrons. The summed E-state index contributed by atoms with van der Waals surface area (Å²) in [5, 5.41) is 5.95. The molecule has 10 heteroatoms. The molecule has 1 aromatic rings. The maximum Gasteiger partial charge on any atom is 0.407 e. The van der Waals surface area contributed by atoms with E-state index in [1.54, 1.807) is 0 Å². The fourth-order valence-electron chi connectivity index (χ4n) is 5.39. The normalized spacial score (nSPS) is 14.1. The maximum atomic E-state index is 13.5. The van der Waals surface area contributed by atoms with Gasteiger partial charge >= 0.3 is 6.09 Å².